The van der Waals surface area contributed by atoms with Gasteiger partial charge in [0.25, 0.3) is 0 Å². The van der Waals surface area contributed by atoms with Crippen molar-refractivity contribution in [1.82, 2.24) is 9.80 Å². The molecule has 7 heteroatoms. The Balaban J connectivity index is 1.51. The highest BCUT2D eigenvalue weighted by atomic mass is 32.2. The van der Waals surface area contributed by atoms with Gasteiger partial charge in [-0.1, -0.05) is 0 Å². The molecule has 0 unspecified atom stereocenters. The molecule has 0 N–H and O–H groups in total. The van der Waals surface area contributed by atoms with E-state index in [9.17, 15) is 19.2 Å². The summed E-state index contributed by atoms with van der Waals surface area (Å²) in [4.78, 5) is 48.3. The monoisotopic (exact) mass is 312 g/mol. The van der Waals surface area contributed by atoms with E-state index in [1.807, 2.05) is 0 Å². The van der Waals surface area contributed by atoms with Crippen molar-refractivity contribution in [3.05, 3.63) is 0 Å². The molecule has 2 fully saturated rings. The first-order chi connectivity index (χ1) is 10.1. The van der Waals surface area contributed by atoms with E-state index in [1.54, 1.807) is 11.8 Å². The van der Waals surface area contributed by atoms with Crippen molar-refractivity contribution in [2.24, 2.45) is 0 Å². The van der Waals surface area contributed by atoms with Gasteiger partial charge in [-0.2, -0.15) is 11.8 Å². The minimum atomic E-state index is -0.0592. The molecule has 0 bridgehead atoms. The van der Waals surface area contributed by atoms with Crippen LogP contribution in [0.5, 0.6) is 0 Å². The number of amides is 4. The Morgan fingerprint density at radius 3 is 1.33 bits per heavy atom. The van der Waals surface area contributed by atoms with Crippen LogP contribution in [0.4, 0.5) is 0 Å². The number of carbonyl (C=O) groups excluding carboxylic acids is 4. The number of nitrogens with zero attached hydrogens (tertiary/aromatic N) is 2. The fraction of sp³-hybridized carbons (Fsp3) is 0.714. The molecule has 0 aromatic rings. The van der Waals surface area contributed by atoms with Crippen LogP contribution in [0.1, 0.15) is 38.5 Å². The molecule has 0 atom stereocenters. The van der Waals surface area contributed by atoms with E-state index >= 15 is 0 Å². The van der Waals surface area contributed by atoms with Gasteiger partial charge in [-0.15, -0.1) is 0 Å². The van der Waals surface area contributed by atoms with E-state index < -0.39 is 0 Å². The largest absolute Gasteiger partial charge is 0.283 e. The Kier molecular flexibility index (Phi) is 5.78. The molecule has 2 aliphatic heterocycles. The molecule has 0 aromatic heterocycles. The van der Waals surface area contributed by atoms with Gasteiger partial charge in [0.15, 0.2) is 0 Å². The van der Waals surface area contributed by atoms with Crippen molar-refractivity contribution in [1.29, 1.82) is 0 Å². The Morgan fingerprint density at radius 1 is 0.667 bits per heavy atom. The van der Waals surface area contributed by atoms with Gasteiger partial charge in [0, 0.05) is 38.8 Å². The Labute approximate surface area is 128 Å². The summed E-state index contributed by atoms with van der Waals surface area (Å²) >= 11 is 1.73. The molecule has 6 nitrogen and oxygen atoms in total. The topological polar surface area (TPSA) is 74.8 Å². The van der Waals surface area contributed by atoms with Crippen molar-refractivity contribution in [2.75, 3.05) is 24.6 Å². The lowest BCUT2D eigenvalue weighted by molar-refractivity contribution is -0.139. The van der Waals surface area contributed by atoms with Gasteiger partial charge in [0.05, 0.1) is 0 Å². The van der Waals surface area contributed by atoms with Crippen LogP contribution in [0.2, 0.25) is 0 Å². The maximum absolute atomic E-state index is 11.4. The fourth-order valence-corrected chi connectivity index (χ4v) is 3.37. The zero-order valence-electron chi connectivity index (χ0n) is 12.0. The first-order valence-corrected chi connectivity index (χ1v) is 8.49. The van der Waals surface area contributed by atoms with Crippen LogP contribution in [0.25, 0.3) is 0 Å². The minimum absolute atomic E-state index is 0.0592. The molecule has 21 heavy (non-hydrogen) atoms. The van der Waals surface area contributed by atoms with Crippen molar-refractivity contribution in [2.45, 2.75) is 38.5 Å². The van der Waals surface area contributed by atoms with Crippen LogP contribution >= 0.6 is 11.8 Å². The zero-order chi connectivity index (χ0) is 15.2. The third-order valence-corrected chi connectivity index (χ3v) is 4.81. The highest BCUT2D eigenvalue weighted by molar-refractivity contribution is 7.99. The Hall–Kier alpha value is -1.37. The quantitative estimate of drug-likeness (QED) is 0.489. The van der Waals surface area contributed by atoms with E-state index in [0.29, 0.717) is 38.8 Å². The molecule has 0 aliphatic carbocycles. The molecular weight excluding hydrogens is 292 g/mol. The van der Waals surface area contributed by atoms with E-state index in [-0.39, 0.29) is 23.6 Å². The summed E-state index contributed by atoms with van der Waals surface area (Å²) in [5.41, 5.74) is 0. The van der Waals surface area contributed by atoms with Crippen LogP contribution < -0.4 is 0 Å². The standard InChI is InChI=1S/C14H20N2O4S/c17-11-3-4-12(18)15(11)7-1-9-21-10-2-8-16-13(19)5-6-14(16)20/h1-10H2. The molecule has 0 radical (unpaired) electrons. The molecule has 2 saturated heterocycles. The second-order valence-electron chi connectivity index (χ2n) is 5.20. The van der Waals surface area contributed by atoms with Gasteiger partial charge in [-0.25, -0.2) is 0 Å². The Bertz CT molecular complexity index is 380. The van der Waals surface area contributed by atoms with Gasteiger partial charge in [-0.05, 0) is 24.3 Å². The highest BCUT2D eigenvalue weighted by Crippen LogP contribution is 2.15. The van der Waals surface area contributed by atoms with Crippen molar-refractivity contribution in [3.8, 4) is 0 Å². The Morgan fingerprint density at radius 2 is 1.00 bits per heavy atom. The van der Waals surface area contributed by atoms with Crippen molar-refractivity contribution >= 4 is 35.4 Å². The molecule has 2 rings (SSSR count). The second kappa shape index (κ2) is 7.59. The summed E-state index contributed by atoms with van der Waals surface area (Å²) in [6, 6.07) is 0. The van der Waals surface area contributed by atoms with Gasteiger partial charge in [0.2, 0.25) is 23.6 Å². The predicted octanol–water partition coefficient (Wildman–Crippen LogP) is 0.798. The number of likely N-dealkylation sites (tertiary alicyclic amines) is 2. The van der Waals surface area contributed by atoms with Gasteiger partial charge < -0.3 is 0 Å². The average molecular weight is 312 g/mol. The molecule has 0 spiro atoms. The molecule has 0 saturated carbocycles. The van der Waals surface area contributed by atoms with E-state index in [0.717, 1.165) is 24.3 Å². The summed E-state index contributed by atoms with van der Waals surface area (Å²) in [5.74, 6) is 1.51. The van der Waals surface area contributed by atoms with Crippen molar-refractivity contribution < 1.29 is 19.2 Å². The maximum atomic E-state index is 11.4. The summed E-state index contributed by atoms with van der Waals surface area (Å²) in [6.45, 7) is 1.02. The van der Waals surface area contributed by atoms with E-state index in [2.05, 4.69) is 0 Å². The van der Waals surface area contributed by atoms with Crippen LogP contribution in [-0.2, 0) is 19.2 Å². The fourth-order valence-electron chi connectivity index (χ4n) is 2.50. The SMILES string of the molecule is O=C1CCC(=O)N1CCCSCCCN1C(=O)CCC1=O. The molecule has 116 valence electrons. The normalized spacial score (nSPS) is 19.2. The smallest absolute Gasteiger partial charge is 0.229 e. The first kappa shape index (κ1) is 16.0. The first-order valence-electron chi connectivity index (χ1n) is 7.33. The lowest BCUT2D eigenvalue weighted by atomic mass is 10.4. The second-order valence-corrected chi connectivity index (χ2v) is 6.42. The van der Waals surface area contributed by atoms with Crippen LogP contribution in [0.15, 0.2) is 0 Å². The van der Waals surface area contributed by atoms with Crippen molar-refractivity contribution in [3.63, 3.8) is 0 Å². The minimum Gasteiger partial charge on any atom is -0.283 e. The van der Waals surface area contributed by atoms with Gasteiger partial charge >= 0.3 is 0 Å². The van der Waals surface area contributed by atoms with Crippen LogP contribution in [0.3, 0.4) is 0 Å². The van der Waals surface area contributed by atoms with Crippen LogP contribution in [-0.4, -0.2) is 58.0 Å². The van der Waals surface area contributed by atoms with Gasteiger partial charge in [-0.3, -0.25) is 29.0 Å². The molecule has 2 aliphatic rings. The predicted molar refractivity (Wildman–Crippen MR) is 78.5 cm³/mol. The van der Waals surface area contributed by atoms with Gasteiger partial charge in [0.1, 0.15) is 0 Å². The summed E-state index contributed by atoms with van der Waals surface area (Å²) < 4.78 is 0. The third kappa shape index (κ3) is 4.30. The number of carbonyl (C=O) groups is 4. The molecule has 4 amide bonds. The number of thioether (sulfide) groups is 1. The highest BCUT2D eigenvalue weighted by Gasteiger charge is 2.28. The number of imide groups is 2. The lowest BCUT2D eigenvalue weighted by Crippen LogP contribution is -2.30. The summed E-state index contributed by atoms with van der Waals surface area (Å²) in [5, 5.41) is 0. The van der Waals surface area contributed by atoms with Crippen LogP contribution in [0, 0.1) is 0 Å². The molecular formula is C14H20N2O4S. The number of hydrogen-bond acceptors (Lipinski definition) is 5. The summed E-state index contributed by atoms with van der Waals surface area (Å²) in [6.07, 6.45) is 2.99. The van der Waals surface area contributed by atoms with E-state index in [1.165, 1.54) is 9.80 Å². The molecule has 0 aromatic carbocycles. The number of rotatable bonds is 8. The average Bonchev–Trinajstić information content (AvgIpc) is 2.94. The summed E-state index contributed by atoms with van der Waals surface area (Å²) in [7, 11) is 0. The lowest BCUT2D eigenvalue weighted by Gasteiger charge is -2.14. The maximum Gasteiger partial charge on any atom is 0.229 e. The zero-order valence-corrected chi connectivity index (χ0v) is 12.8. The third-order valence-electron chi connectivity index (χ3n) is 3.65. The molecule has 2 heterocycles. The van der Waals surface area contributed by atoms with E-state index in [4.69, 9.17) is 0 Å². The number of hydrogen-bond donors (Lipinski definition) is 0.